The maximum absolute atomic E-state index is 11.6. The zero-order valence-corrected chi connectivity index (χ0v) is 14.3. The standard InChI is InChI=1S/C17H27NO2S/c1-17(2,3)15-7-5-14(6-8-15)16(18-4)11-13-9-10-21(19,20)12-13/h5-8,13,16,18H,9-12H2,1-4H3. The van der Waals surface area contributed by atoms with Crippen molar-refractivity contribution in [3.63, 3.8) is 0 Å². The molecule has 1 N–H and O–H groups in total. The number of rotatable bonds is 4. The van der Waals surface area contributed by atoms with Gasteiger partial charge in [0.15, 0.2) is 9.84 Å². The van der Waals surface area contributed by atoms with Gasteiger partial charge in [-0.1, -0.05) is 45.0 Å². The van der Waals surface area contributed by atoms with Gasteiger partial charge in [-0.15, -0.1) is 0 Å². The average Bonchev–Trinajstić information content (AvgIpc) is 2.74. The lowest BCUT2D eigenvalue weighted by Crippen LogP contribution is -2.21. The molecule has 0 saturated carbocycles. The van der Waals surface area contributed by atoms with Gasteiger partial charge in [0.1, 0.15) is 0 Å². The minimum atomic E-state index is -2.79. The second-order valence-corrected chi connectivity index (χ2v) is 9.45. The Kier molecular flexibility index (Phi) is 4.79. The number of benzene rings is 1. The highest BCUT2D eigenvalue weighted by molar-refractivity contribution is 7.91. The molecule has 2 rings (SSSR count). The van der Waals surface area contributed by atoms with Gasteiger partial charge < -0.3 is 5.32 Å². The maximum atomic E-state index is 11.6. The molecule has 0 spiro atoms. The van der Waals surface area contributed by atoms with Crippen molar-refractivity contribution in [2.45, 2.75) is 45.1 Å². The quantitative estimate of drug-likeness (QED) is 0.930. The average molecular weight is 309 g/mol. The van der Waals surface area contributed by atoms with Crippen LogP contribution in [0.3, 0.4) is 0 Å². The molecule has 118 valence electrons. The van der Waals surface area contributed by atoms with Crippen molar-refractivity contribution in [2.75, 3.05) is 18.6 Å². The van der Waals surface area contributed by atoms with Gasteiger partial charge in [0.25, 0.3) is 0 Å². The normalized spacial score (nSPS) is 23.1. The van der Waals surface area contributed by atoms with E-state index in [1.54, 1.807) is 0 Å². The van der Waals surface area contributed by atoms with E-state index in [9.17, 15) is 8.42 Å². The molecule has 0 aliphatic carbocycles. The highest BCUT2D eigenvalue weighted by Crippen LogP contribution is 2.30. The summed E-state index contributed by atoms with van der Waals surface area (Å²) in [7, 11) is -0.835. The van der Waals surface area contributed by atoms with E-state index in [0.29, 0.717) is 11.5 Å². The van der Waals surface area contributed by atoms with Crippen molar-refractivity contribution < 1.29 is 8.42 Å². The Balaban J connectivity index is 2.08. The summed E-state index contributed by atoms with van der Waals surface area (Å²) in [6.45, 7) is 6.63. The molecule has 21 heavy (non-hydrogen) atoms. The van der Waals surface area contributed by atoms with Crippen LogP contribution in [0.2, 0.25) is 0 Å². The SMILES string of the molecule is CNC(CC1CCS(=O)(=O)C1)c1ccc(C(C)(C)C)cc1. The molecule has 2 atom stereocenters. The lowest BCUT2D eigenvalue weighted by molar-refractivity contribution is 0.437. The Labute approximate surface area is 129 Å². The molecule has 4 heteroatoms. The van der Waals surface area contributed by atoms with Crippen LogP contribution in [0.4, 0.5) is 0 Å². The molecule has 3 nitrogen and oxygen atoms in total. The van der Waals surface area contributed by atoms with Gasteiger partial charge in [-0.25, -0.2) is 8.42 Å². The first-order valence-corrected chi connectivity index (χ1v) is 9.51. The highest BCUT2D eigenvalue weighted by Gasteiger charge is 2.29. The topological polar surface area (TPSA) is 46.2 Å². The van der Waals surface area contributed by atoms with Crippen LogP contribution < -0.4 is 5.32 Å². The zero-order chi connectivity index (χ0) is 15.7. The molecule has 1 aliphatic heterocycles. The summed E-state index contributed by atoms with van der Waals surface area (Å²) in [6, 6.07) is 8.95. The lowest BCUT2D eigenvalue weighted by atomic mass is 9.85. The van der Waals surface area contributed by atoms with Crippen LogP contribution in [0, 0.1) is 5.92 Å². The van der Waals surface area contributed by atoms with Crippen molar-refractivity contribution >= 4 is 9.84 Å². The van der Waals surface area contributed by atoms with E-state index in [1.165, 1.54) is 11.1 Å². The first-order chi connectivity index (χ1) is 9.71. The van der Waals surface area contributed by atoms with E-state index < -0.39 is 9.84 Å². The monoisotopic (exact) mass is 309 g/mol. The molecular formula is C17H27NO2S. The van der Waals surface area contributed by atoms with Gasteiger partial charge in [0, 0.05) is 6.04 Å². The maximum Gasteiger partial charge on any atom is 0.150 e. The molecule has 1 aromatic rings. The van der Waals surface area contributed by atoms with Gasteiger partial charge in [0.2, 0.25) is 0 Å². The Morgan fingerprint density at radius 3 is 2.29 bits per heavy atom. The first-order valence-electron chi connectivity index (χ1n) is 7.69. The summed E-state index contributed by atoms with van der Waals surface area (Å²) in [4.78, 5) is 0. The smallest absolute Gasteiger partial charge is 0.150 e. The van der Waals surface area contributed by atoms with E-state index in [0.717, 1.165) is 12.8 Å². The summed E-state index contributed by atoms with van der Waals surface area (Å²) >= 11 is 0. The Morgan fingerprint density at radius 1 is 1.24 bits per heavy atom. The second-order valence-electron chi connectivity index (χ2n) is 7.22. The molecule has 1 aliphatic rings. The van der Waals surface area contributed by atoms with E-state index >= 15 is 0 Å². The third-order valence-electron chi connectivity index (χ3n) is 4.42. The number of sulfone groups is 1. The van der Waals surface area contributed by atoms with Gasteiger partial charge in [0.05, 0.1) is 11.5 Å². The predicted molar refractivity (Wildman–Crippen MR) is 88.3 cm³/mol. The van der Waals surface area contributed by atoms with Crippen molar-refractivity contribution in [1.29, 1.82) is 0 Å². The van der Waals surface area contributed by atoms with Crippen molar-refractivity contribution in [3.05, 3.63) is 35.4 Å². The fourth-order valence-corrected chi connectivity index (χ4v) is 4.91. The van der Waals surface area contributed by atoms with E-state index in [4.69, 9.17) is 0 Å². The van der Waals surface area contributed by atoms with Crippen molar-refractivity contribution in [2.24, 2.45) is 5.92 Å². The molecule has 0 aromatic heterocycles. The molecule has 0 bridgehead atoms. The Bertz CT molecular complexity index is 570. The summed E-state index contributed by atoms with van der Waals surface area (Å²) in [6.07, 6.45) is 1.70. The minimum Gasteiger partial charge on any atom is -0.313 e. The van der Waals surface area contributed by atoms with Crippen molar-refractivity contribution in [3.8, 4) is 0 Å². The van der Waals surface area contributed by atoms with E-state index in [2.05, 4.69) is 50.4 Å². The van der Waals surface area contributed by atoms with Crippen molar-refractivity contribution in [1.82, 2.24) is 5.32 Å². The summed E-state index contributed by atoms with van der Waals surface area (Å²) in [5.74, 6) is 0.997. The fourth-order valence-electron chi connectivity index (χ4n) is 3.03. The third-order valence-corrected chi connectivity index (χ3v) is 6.26. The molecule has 0 amide bonds. The van der Waals surface area contributed by atoms with E-state index in [-0.39, 0.29) is 17.4 Å². The predicted octanol–water partition coefficient (Wildman–Crippen LogP) is 3.07. The van der Waals surface area contributed by atoms with Gasteiger partial charge in [-0.3, -0.25) is 0 Å². The molecule has 1 heterocycles. The minimum absolute atomic E-state index is 0.160. The van der Waals surface area contributed by atoms with Gasteiger partial charge in [-0.2, -0.15) is 0 Å². The van der Waals surface area contributed by atoms with Gasteiger partial charge in [-0.05, 0) is 42.3 Å². The fraction of sp³-hybridized carbons (Fsp3) is 0.647. The number of hydrogen-bond acceptors (Lipinski definition) is 3. The van der Waals surface area contributed by atoms with Crippen LogP contribution in [0.5, 0.6) is 0 Å². The molecule has 2 unspecified atom stereocenters. The summed E-state index contributed by atoms with van der Waals surface area (Å²) < 4.78 is 23.2. The Morgan fingerprint density at radius 2 is 1.86 bits per heavy atom. The number of hydrogen-bond donors (Lipinski definition) is 1. The highest BCUT2D eigenvalue weighted by atomic mass is 32.2. The van der Waals surface area contributed by atoms with Crippen LogP contribution in [0.25, 0.3) is 0 Å². The molecule has 1 fully saturated rings. The summed E-state index contributed by atoms with van der Waals surface area (Å²) in [5.41, 5.74) is 2.73. The van der Waals surface area contributed by atoms with E-state index in [1.807, 2.05) is 7.05 Å². The lowest BCUT2D eigenvalue weighted by Gasteiger charge is -2.23. The summed E-state index contributed by atoms with van der Waals surface area (Å²) in [5, 5.41) is 3.34. The molecule has 0 radical (unpaired) electrons. The van der Waals surface area contributed by atoms with Gasteiger partial charge >= 0.3 is 0 Å². The molecular weight excluding hydrogens is 282 g/mol. The third kappa shape index (κ3) is 4.30. The molecule has 1 saturated heterocycles. The van der Waals surface area contributed by atoms with Crippen LogP contribution in [0.15, 0.2) is 24.3 Å². The van der Waals surface area contributed by atoms with Crippen LogP contribution in [-0.4, -0.2) is 27.0 Å². The van der Waals surface area contributed by atoms with Crippen LogP contribution in [-0.2, 0) is 15.3 Å². The molecule has 1 aromatic carbocycles. The number of nitrogens with one attached hydrogen (secondary N) is 1. The largest absolute Gasteiger partial charge is 0.313 e. The zero-order valence-electron chi connectivity index (χ0n) is 13.5. The second kappa shape index (κ2) is 6.09. The van der Waals surface area contributed by atoms with Crippen LogP contribution in [0.1, 0.15) is 50.8 Å². The van der Waals surface area contributed by atoms with Crippen LogP contribution >= 0.6 is 0 Å². The Hall–Kier alpha value is -0.870. The first kappa shape index (κ1) is 16.5.